The van der Waals surface area contributed by atoms with Crippen LogP contribution in [0.1, 0.15) is 22.6 Å². The summed E-state index contributed by atoms with van der Waals surface area (Å²) < 4.78 is 0. The van der Waals surface area contributed by atoms with Crippen molar-refractivity contribution in [2.75, 3.05) is 0 Å². The van der Waals surface area contributed by atoms with Crippen LogP contribution >= 0.6 is 0 Å². The van der Waals surface area contributed by atoms with Crippen LogP contribution in [0.15, 0.2) is 91.0 Å². The molecule has 0 heterocycles. The van der Waals surface area contributed by atoms with Gasteiger partial charge in [-0.2, -0.15) is 0 Å². The number of hydrogen-bond donors (Lipinski definition) is 0. The number of rotatable bonds is 3. The van der Waals surface area contributed by atoms with Gasteiger partial charge in [-0.1, -0.05) is 91.0 Å². The van der Waals surface area contributed by atoms with E-state index in [0.717, 1.165) is 0 Å². The first-order chi connectivity index (χ1) is 9.45. The smallest absolute Gasteiger partial charge is 0.0622 e. The van der Waals surface area contributed by atoms with E-state index in [1.165, 1.54) is 16.7 Å². The first-order valence-corrected chi connectivity index (χ1v) is 6.60. The Balaban J connectivity index is 0.00000147. The van der Waals surface area contributed by atoms with E-state index in [-0.39, 0.29) is 48.9 Å². The average Bonchev–Trinajstić information content (AvgIpc) is 2.51. The van der Waals surface area contributed by atoms with Gasteiger partial charge in [0.25, 0.3) is 0 Å². The fourth-order valence-electron chi connectivity index (χ4n) is 2.51. The molecule has 0 fully saturated rings. The summed E-state index contributed by atoms with van der Waals surface area (Å²) in [5.41, 5.74) is 4.00. The Kier molecular flexibility index (Phi) is 6.14. The Morgan fingerprint density at radius 1 is 0.400 bits per heavy atom. The van der Waals surface area contributed by atoms with Crippen molar-refractivity contribution in [2.45, 2.75) is 5.92 Å². The molecule has 0 aliphatic heterocycles. The predicted molar refractivity (Wildman–Crippen MR) is 86.0 cm³/mol. The van der Waals surface area contributed by atoms with Gasteiger partial charge in [0.15, 0.2) is 0 Å². The summed E-state index contributed by atoms with van der Waals surface area (Å²) in [5.74, 6) is 0.309. The molecular formula is C19H16Ba+2. The SMILES string of the molecule is [Ba+2].c1ccc(C(c2ccccc2)c2ccccc2)cc1. The van der Waals surface area contributed by atoms with E-state index in [9.17, 15) is 0 Å². The average molecular weight is 382 g/mol. The largest absolute Gasteiger partial charge is 2.00 e. The third-order valence-corrected chi connectivity index (χ3v) is 3.40. The van der Waals surface area contributed by atoms with Crippen molar-refractivity contribution < 1.29 is 0 Å². The Morgan fingerprint density at radius 3 is 0.900 bits per heavy atom. The van der Waals surface area contributed by atoms with E-state index >= 15 is 0 Å². The maximum absolute atomic E-state index is 2.20. The molecule has 0 spiro atoms. The van der Waals surface area contributed by atoms with E-state index < -0.39 is 0 Å². The molecule has 0 bridgehead atoms. The van der Waals surface area contributed by atoms with Crippen molar-refractivity contribution in [3.05, 3.63) is 108 Å². The summed E-state index contributed by atoms with van der Waals surface area (Å²) in [6, 6.07) is 32.0. The van der Waals surface area contributed by atoms with Crippen LogP contribution in [-0.4, -0.2) is 48.9 Å². The Hall–Kier alpha value is -0.769. The molecule has 92 valence electrons. The molecular weight excluding hydrogens is 366 g/mol. The fourth-order valence-corrected chi connectivity index (χ4v) is 2.51. The van der Waals surface area contributed by atoms with Crippen molar-refractivity contribution >= 4 is 48.9 Å². The van der Waals surface area contributed by atoms with Gasteiger partial charge in [0.2, 0.25) is 0 Å². The summed E-state index contributed by atoms with van der Waals surface area (Å²) in [7, 11) is 0. The van der Waals surface area contributed by atoms with Gasteiger partial charge < -0.3 is 0 Å². The van der Waals surface area contributed by atoms with E-state index in [4.69, 9.17) is 0 Å². The van der Waals surface area contributed by atoms with Crippen molar-refractivity contribution in [1.29, 1.82) is 0 Å². The van der Waals surface area contributed by atoms with Gasteiger partial charge in [-0.3, -0.25) is 0 Å². The van der Waals surface area contributed by atoms with Crippen molar-refractivity contribution in [3.8, 4) is 0 Å². The predicted octanol–water partition coefficient (Wildman–Crippen LogP) is 4.49. The molecule has 1 heteroatoms. The van der Waals surface area contributed by atoms with Gasteiger partial charge in [0, 0.05) is 5.92 Å². The fraction of sp³-hybridized carbons (Fsp3) is 0.0526. The number of hydrogen-bond acceptors (Lipinski definition) is 0. The maximum Gasteiger partial charge on any atom is 2.00 e. The Bertz CT molecular complexity index is 524. The van der Waals surface area contributed by atoms with Gasteiger partial charge in [0.05, 0.1) is 0 Å². The van der Waals surface area contributed by atoms with Gasteiger partial charge in [-0.05, 0) is 16.7 Å². The van der Waals surface area contributed by atoms with Crippen LogP contribution in [0.3, 0.4) is 0 Å². The second-order valence-corrected chi connectivity index (χ2v) is 4.67. The van der Waals surface area contributed by atoms with E-state index in [2.05, 4.69) is 91.0 Å². The zero-order chi connectivity index (χ0) is 12.9. The molecule has 0 saturated carbocycles. The first kappa shape index (κ1) is 15.6. The van der Waals surface area contributed by atoms with Crippen LogP contribution < -0.4 is 0 Å². The first-order valence-electron chi connectivity index (χ1n) is 6.60. The zero-order valence-electron chi connectivity index (χ0n) is 11.4. The maximum atomic E-state index is 2.20. The van der Waals surface area contributed by atoms with Crippen LogP contribution in [0.4, 0.5) is 0 Å². The molecule has 0 radical (unpaired) electrons. The topological polar surface area (TPSA) is 0 Å². The minimum atomic E-state index is 0. The van der Waals surface area contributed by atoms with Gasteiger partial charge in [-0.15, -0.1) is 0 Å². The van der Waals surface area contributed by atoms with E-state index in [1.54, 1.807) is 0 Å². The Labute approximate surface area is 160 Å². The molecule has 20 heavy (non-hydrogen) atoms. The molecule has 0 unspecified atom stereocenters. The molecule has 3 aromatic rings. The van der Waals surface area contributed by atoms with Gasteiger partial charge in [-0.25, -0.2) is 0 Å². The summed E-state index contributed by atoms with van der Waals surface area (Å²) in [4.78, 5) is 0. The Morgan fingerprint density at radius 2 is 0.650 bits per heavy atom. The van der Waals surface area contributed by atoms with Gasteiger partial charge >= 0.3 is 48.9 Å². The van der Waals surface area contributed by atoms with Crippen molar-refractivity contribution in [2.24, 2.45) is 0 Å². The number of benzene rings is 3. The molecule has 0 N–H and O–H groups in total. The van der Waals surface area contributed by atoms with Crippen LogP contribution in [0.5, 0.6) is 0 Å². The zero-order valence-corrected chi connectivity index (χ0v) is 15.9. The second-order valence-electron chi connectivity index (χ2n) is 4.67. The molecule has 0 amide bonds. The van der Waals surface area contributed by atoms with Crippen molar-refractivity contribution in [3.63, 3.8) is 0 Å². The summed E-state index contributed by atoms with van der Waals surface area (Å²) in [6.07, 6.45) is 0. The third kappa shape index (κ3) is 3.66. The summed E-state index contributed by atoms with van der Waals surface area (Å²) in [5, 5.41) is 0. The van der Waals surface area contributed by atoms with Crippen LogP contribution in [0, 0.1) is 0 Å². The molecule has 3 rings (SSSR count). The second kappa shape index (κ2) is 7.87. The van der Waals surface area contributed by atoms with E-state index in [0.29, 0.717) is 5.92 Å². The minimum absolute atomic E-state index is 0. The molecule has 0 aliphatic carbocycles. The third-order valence-electron chi connectivity index (χ3n) is 3.40. The summed E-state index contributed by atoms with van der Waals surface area (Å²) in [6.45, 7) is 0. The quantitative estimate of drug-likeness (QED) is 0.463. The summed E-state index contributed by atoms with van der Waals surface area (Å²) >= 11 is 0. The van der Waals surface area contributed by atoms with Crippen LogP contribution in [-0.2, 0) is 0 Å². The molecule has 0 atom stereocenters. The molecule has 0 aromatic heterocycles. The van der Waals surface area contributed by atoms with Crippen LogP contribution in [0.25, 0.3) is 0 Å². The molecule has 0 nitrogen and oxygen atoms in total. The minimum Gasteiger partial charge on any atom is -0.0622 e. The van der Waals surface area contributed by atoms with Crippen molar-refractivity contribution in [1.82, 2.24) is 0 Å². The van der Waals surface area contributed by atoms with Gasteiger partial charge in [0.1, 0.15) is 0 Å². The normalized spacial score (nSPS) is 10.1. The molecule has 0 saturated heterocycles. The molecule has 3 aromatic carbocycles. The molecule has 0 aliphatic rings. The van der Waals surface area contributed by atoms with E-state index in [1.807, 2.05) is 0 Å². The monoisotopic (exact) mass is 382 g/mol. The standard InChI is InChI=1S/C19H16.Ba/c1-4-10-16(11-5-1)19(17-12-6-2-7-13-17)18-14-8-3-9-15-18;/h1-15,19H;/q;+2. The van der Waals surface area contributed by atoms with Crippen LogP contribution in [0.2, 0.25) is 0 Å².